The average Bonchev–Trinajstić information content (AvgIpc) is 3.29. The average molecular weight is 455 g/mol. The zero-order chi connectivity index (χ0) is 22.0. The molecule has 8 heteroatoms. The van der Waals surface area contributed by atoms with E-state index in [4.69, 9.17) is 0 Å². The molecule has 3 fully saturated rings. The molecule has 3 aliphatic rings. The highest BCUT2D eigenvalue weighted by atomic mass is 32.2. The van der Waals surface area contributed by atoms with Gasteiger partial charge in [-0.05, 0) is 68.1 Å². The Morgan fingerprint density at radius 3 is 2.45 bits per heavy atom. The highest BCUT2D eigenvalue weighted by Crippen LogP contribution is 2.38. The molecule has 3 atom stereocenters. The Balaban J connectivity index is 1.13. The highest BCUT2D eigenvalue weighted by Gasteiger charge is 2.42. The quantitative estimate of drug-likeness (QED) is 0.328. The lowest BCUT2D eigenvalue weighted by Gasteiger charge is -2.28. The van der Waals surface area contributed by atoms with E-state index in [2.05, 4.69) is 10.6 Å². The number of hydrogen-bond acceptors (Lipinski definition) is 3. The highest BCUT2D eigenvalue weighted by molar-refractivity contribution is 8.00. The van der Waals surface area contributed by atoms with Crippen molar-refractivity contribution in [3.63, 3.8) is 0 Å². The summed E-state index contributed by atoms with van der Waals surface area (Å²) in [7, 11) is 0. The van der Waals surface area contributed by atoms with E-state index in [9.17, 15) is 22.8 Å². The molecular weight excluding hydrogens is 425 g/mol. The number of halogens is 3. The Labute approximate surface area is 185 Å². The van der Waals surface area contributed by atoms with Crippen molar-refractivity contribution in [1.29, 1.82) is 0 Å². The molecule has 4 rings (SSSR count). The molecule has 0 radical (unpaired) electrons. The van der Waals surface area contributed by atoms with Crippen LogP contribution in [-0.2, 0) is 4.79 Å². The van der Waals surface area contributed by atoms with E-state index in [0.717, 1.165) is 62.8 Å². The van der Waals surface area contributed by atoms with Crippen molar-refractivity contribution in [2.75, 3.05) is 5.75 Å². The van der Waals surface area contributed by atoms with Crippen molar-refractivity contribution >= 4 is 23.6 Å². The molecule has 1 aliphatic carbocycles. The van der Waals surface area contributed by atoms with Gasteiger partial charge in [0.25, 0.3) is 0 Å². The van der Waals surface area contributed by atoms with Gasteiger partial charge in [0.15, 0.2) is 17.5 Å². The van der Waals surface area contributed by atoms with E-state index >= 15 is 0 Å². The smallest absolute Gasteiger partial charge is 0.315 e. The molecule has 31 heavy (non-hydrogen) atoms. The Morgan fingerprint density at radius 2 is 1.74 bits per heavy atom. The number of hydrogen-bond donors (Lipinski definition) is 2. The molecule has 4 nitrogen and oxygen atoms in total. The molecule has 1 saturated carbocycles. The molecule has 2 heterocycles. The molecule has 0 bridgehead atoms. The zero-order valence-electron chi connectivity index (χ0n) is 17.5. The number of urea groups is 1. The fourth-order valence-electron chi connectivity index (χ4n) is 5.25. The fourth-order valence-corrected chi connectivity index (χ4v) is 6.79. The van der Waals surface area contributed by atoms with Crippen molar-refractivity contribution in [2.24, 2.45) is 5.92 Å². The van der Waals surface area contributed by atoms with Crippen LogP contribution in [0, 0.1) is 23.4 Å². The number of unbranched alkanes of at least 4 members (excludes halogenated alkanes) is 1. The summed E-state index contributed by atoms with van der Waals surface area (Å²) in [6.07, 6.45) is 7.27. The first-order valence-corrected chi connectivity index (χ1v) is 12.3. The fraction of sp³-hybridized carbons (Fsp3) is 0.652. The van der Waals surface area contributed by atoms with Gasteiger partial charge < -0.3 is 10.6 Å². The predicted octanol–water partition coefficient (Wildman–Crippen LogP) is 5.06. The van der Waals surface area contributed by atoms with Crippen LogP contribution in [0.3, 0.4) is 0 Å². The van der Waals surface area contributed by atoms with E-state index in [-0.39, 0.29) is 29.8 Å². The second-order valence-electron chi connectivity index (χ2n) is 9.13. The monoisotopic (exact) mass is 454 g/mol. The van der Waals surface area contributed by atoms with Gasteiger partial charge in [0, 0.05) is 23.8 Å². The van der Waals surface area contributed by atoms with Crippen LogP contribution >= 0.6 is 11.8 Å². The third kappa shape index (κ3) is 5.38. The summed E-state index contributed by atoms with van der Waals surface area (Å²) in [5.74, 6) is -2.10. The molecule has 2 aliphatic heterocycles. The van der Waals surface area contributed by atoms with Gasteiger partial charge in [-0.15, -0.1) is 0 Å². The Morgan fingerprint density at radius 1 is 1.03 bits per heavy atom. The normalized spacial score (nSPS) is 30.0. The Kier molecular flexibility index (Phi) is 7.14. The third-order valence-electron chi connectivity index (χ3n) is 6.97. The van der Waals surface area contributed by atoms with Crippen LogP contribution in [-0.4, -0.2) is 34.9 Å². The number of thioether (sulfide) groups is 1. The molecule has 1 aromatic rings. The van der Waals surface area contributed by atoms with Crippen LogP contribution in [0.5, 0.6) is 0 Å². The summed E-state index contributed by atoms with van der Waals surface area (Å²) >= 11 is 1.89. The van der Waals surface area contributed by atoms with Gasteiger partial charge in [0.1, 0.15) is 5.78 Å². The minimum Gasteiger partial charge on any atom is -0.332 e. The van der Waals surface area contributed by atoms with Gasteiger partial charge in [0.05, 0.1) is 12.1 Å². The molecule has 1 aromatic carbocycles. The van der Waals surface area contributed by atoms with Crippen LogP contribution < -0.4 is 10.6 Å². The Hall–Kier alpha value is -1.70. The van der Waals surface area contributed by atoms with E-state index in [1.165, 1.54) is 0 Å². The third-order valence-corrected chi connectivity index (χ3v) is 8.48. The van der Waals surface area contributed by atoms with Crippen LogP contribution in [0.4, 0.5) is 18.0 Å². The lowest BCUT2D eigenvalue weighted by molar-refractivity contribution is -0.120. The second kappa shape index (κ2) is 9.84. The number of amides is 2. The van der Waals surface area contributed by atoms with Gasteiger partial charge in [-0.25, -0.2) is 18.0 Å². The maximum absolute atomic E-state index is 13.5. The van der Waals surface area contributed by atoms with Crippen LogP contribution in [0.15, 0.2) is 12.1 Å². The minimum atomic E-state index is -1.42. The number of ketones is 1. The van der Waals surface area contributed by atoms with E-state index in [1.807, 2.05) is 11.8 Å². The summed E-state index contributed by atoms with van der Waals surface area (Å²) in [6.45, 7) is 0. The van der Waals surface area contributed by atoms with Gasteiger partial charge >= 0.3 is 6.03 Å². The molecule has 0 spiro atoms. The van der Waals surface area contributed by atoms with Crippen LogP contribution in [0.2, 0.25) is 0 Å². The van der Waals surface area contributed by atoms with Crippen molar-refractivity contribution in [1.82, 2.24) is 10.6 Å². The van der Waals surface area contributed by atoms with Crippen molar-refractivity contribution in [3.8, 4) is 0 Å². The summed E-state index contributed by atoms with van der Waals surface area (Å²) in [4.78, 5) is 23.8. The summed E-state index contributed by atoms with van der Waals surface area (Å²) < 4.78 is 40.1. The van der Waals surface area contributed by atoms with Crippen molar-refractivity contribution < 1.29 is 22.8 Å². The standard InChI is InChI=1S/C23H29F3N2O2S/c24-17-10-15(11-18(25)21(17)26)14-7-5-13(6-8-14)9-16(29)3-1-2-4-20-22-19(12-31-20)27-23(30)28-22/h10-11,13-14,19-20,22H,1-9,12H2,(H2,27,28,30)/t13?,14?,19?,20-,22?/m0/s1. The van der Waals surface area contributed by atoms with Gasteiger partial charge in [-0.1, -0.05) is 6.42 Å². The molecule has 2 unspecified atom stereocenters. The molecular formula is C23H29F3N2O2S. The predicted molar refractivity (Wildman–Crippen MR) is 115 cm³/mol. The minimum absolute atomic E-state index is 0.0225. The van der Waals surface area contributed by atoms with Gasteiger partial charge in [-0.2, -0.15) is 11.8 Å². The lowest BCUT2D eigenvalue weighted by Crippen LogP contribution is -2.36. The topological polar surface area (TPSA) is 58.2 Å². The van der Waals surface area contributed by atoms with Crippen molar-refractivity contribution in [3.05, 3.63) is 35.1 Å². The first-order valence-electron chi connectivity index (χ1n) is 11.3. The number of fused-ring (bicyclic) bond motifs is 1. The number of carbonyl (C=O) groups is 2. The molecule has 170 valence electrons. The second-order valence-corrected chi connectivity index (χ2v) is 10.4. The van der Waals surface area contributed by atoms with E-state index in [0.29, 0.717) is 29.6 Å². The largest absolute Gasteiger partial charge is 0.332 e. The molecule has 2 amide bonds. The number of carbonyl (C=O) groups excluding carboxylic acids is 2. The van der Waals surface area contributed by atoms with E-state index < -0.39 is 17.5 Å². The molecule has 0 aromatic heterocycles. The first kappa shape index (κ1) is 22.5. The summed E-state index contributed by atoms with van der Waals surface area (Å²) in [5, 5.41) is 6.36. The zero-order valence-corrected chi connectivity index (χ0v) is 18.3. The lowest BCUT2D eigenvalue weighted by atomic mass is 9.77. The maximum atomic E-state index is 13.5. The summed E-state index contributed by atoms with van der Waals surface area (Å²) in [5.41, 5.74) is 0.516. The number of rotatable bonds is 8. The van der Waals surface area contributed by atoms with E-state index in [1.54, 1.807) is 0 Å². The van der Waals surface area contributed by atoms with Crippen LogP contribution in [0.1, 0.15) is 69.3 Å². The van der Waals surface area contributed by atoms with Gasteiger partial charge in [0.2, 0.25) is 0 Å². The number of nitrogens with one attached hydrogen (secondary N) is 2. The molecule has 2 N–H and O–H groups in total. The van der Waals surface area contributed by atoms with Gasteiger partial charge in [-0.3, -0.25) is 4.79 Å². The first-order chi connectivity index (χ1) is 14.9. The van der Waals surface area contributed by atoms with Crippen molar-refractivity contribution in [2.45, 2.75) is 81.0 Å². The maximum Gasteiger partial charge on any atom is 0.315 e. The number of Topliss-reactive ketones (excluding diaryl/α,β-unsaturated/α-hetero) is 1. The SMILES string of the molecule is O=C(CCCC[C@@H]1SCC2NC(=O)NC21)CC1CCC(c2cc(F)c(F)c(F)c2)CC1. The summed E-state index contributed by atoms with van der Waals surface area (Å²) in [6, 6.07) is 2.59. The Bertz CT molecular complexity index is 806. The number of benzene rings is 1. The molecule has 2 saturated heterocycles. The van der Waals surface area contributed by atoms with Crippen LogP contribution in [0.25, 0.3) is 0 Å².